The second-order valence-corrected chi connectivity index (χ2v) is 20.4. The van der Waals surface area contributed by atoms with Gasteiger partial charge in [0.15, 0.2) is 18.0 Å². The summed E-state index contributed by atoms with van der Waals surface area (Å²) in [6, 6.07) is 9.87. The van der Waals surface area contributed by atoms with Gasteiger partial charge < -0.3 is 70.2 Å². The molecule has 27 nitrogen and oxygen atoms in total. The lowest BCUT2D eigenvalue weighted by Crippen LogP contribution is -2.41. The molecule has 10 N–H and O–H groups in total. The summed E-state index contributed by atoms with van der Waals surface area (Å²) >= 11 is 4.22. The molecule has 4 aromatic rings. The van der Waals surface area contributed by atoms with Crippen molar-refractivity contribution in [1.29, 1.82) is 0 Å². The van der Waals surface area contributed by atoms with Crippen LogP contribution in [0.5, 0.6) is 5.75 Å². The smallest absolute Gasteiger partial charge is 0.481 e. The first-order valence-corrected chi connectivity index (χ1v) is 25.0. The van der Waals surface area contributed by atoms with Gasteiger partial charge in [-0.1, -0.05) is 12.1 Å². The molecule has 1 fully saturated rings. The van der Waals surface area contributed by atoms with Crippen LogP contribution in [0.2, 0.25) is 0 Å². The molecule has 4 unspecified atom stereocenters. The number of phosphoric ester groups is 1. The van der Waals surface area contributed by atoms with E-state index < -0.39 is 78.7 Å². The predicted octanol–water partition coefficient (Wildman–Crippen LogP) is 2.17. The molecule has 0 saturated carbocycles. The minimum atomic E-state index is -5.89. The maximum Gasteiger partial charge on any atom is 0.490 e. The molecule has 0 bridgehead atoms. The van der Waals surface area contributed by atoms with E-state index in [1.165, 1.54) is 12.1 Å². The zero-order valence-corrected chi connectivity index (χ0v) is 40.0. The minimum Gasteiger partial charge on any atom is -0.481 e. The van der Waals surface area contributed by atoms with Crippen LogP contribution in [-0.2, 0) is 36.3 Å². The predicted molar refractivity (Wildman–Crippen MR) is 243 cm³/mol. The summed E-state index contributed by atoms with van der Waals surface area (Å²) in [5.41, 5.74) is 9.74. The van der Waals surface area contributed by atoms with E-state index in [1.807, 2.05) is 74.4 Å². The molecule has 1 saturated heterocycles. The Bertz CT molecular complexity index is 2960. The Morgan fingerprint density at radius 1 is 0.928 bits per heavy atom. The van der Waals surface area contributed by atoms with Crippen molar-refractivity contribution in [2.24, 2.45) is 0 Å². The van der Waals surface area contributed by atoms with Crippen molar-refractivity contribution in [2.75, 3.05) is 58.5 Å². The topological polar surface area (TPSA) is 379 Å². The number of thiol groups is 1. The van der Waals surface area contributed by atoms with Gasteiger partial charge >= 0.3 is 35.5 Å². The number of carboxylic acid groups (broad SMARTS) is 1. The maximum absolute atomic E-state index is 13.4. The Morgan fingerprint density at radius 3 is 2.32 bits per heavy atom. The van der Waals surface area contributed by atoms with Gasteiger partial charge in [0.05, 0.1) is 18.5 Å². The van der Waals surface area contributed by atoms with Crippen LogP contribution in [0, 0.1) is 0 Å². The number of carboxylic acids is 1. The number of rotatable bonds is 17. The maximum atomic E-state index is 13.4. The zero-order chi connectivity index (χ0) is 50.3. The van der Waals surface area contributed by atoms with E-state index in [2.05, 4.69) is 51.4 Å². The van der Waals surface area contributed by atoms with Crippen molar-refractivity contribution >= 4 is 82.4 Å². The number of carbonyl (C=O) groups excluding carboxylic acids is 2. The number of fused-ring (bicyclic) bond motifs is 3. The van der Waals surface area contributed by atoms with Crippen LogP contribution < -0.4 is 26.0 Å². The van der Waals surface area contributed by atoms with Crippen LogP contribution in [0.3, 0.4) is 0 Å². The van der Waals surface area contributed by atoms with Gasteiger partial charge in [0.1, 0.15) is 34.6 Å². The summed E-state index contributed by atoms with van der Waals surface area (Å²) in [4.78, 5) is 92.5. The molecule has 4 heterocycles. The molecule has 0 radical (unpaired) electrons. The van der Waals surface area contributed by atoms with Crippen LogP contribution in [0.1, 0.15) is 38.1 Å². The summed E-state index contributed by atoms with van der Waals surface area (Å²) in [5, 5.41) is 26.7. The number of nitrogens with zero attached hydrogens (tertiary/aromatic N) is 6. The molecule has 0 spiro atoms. The Hall–Kier alpha value is -5.70. The number of anilines is 2. The number of hydrogen-bond acceptors (Lipinski definition) is 20. The van der Waals surface area contributed by atoms with E-state index in [-0.39, 0.29) is 46.4 Å². The molecule has 2 aromatic heterocycles. The van der Waals surface area contributed by atoms with Crippen molar-refractivity contribution in [1.82, 2.24) is 35.1 Å². The lowest BCUT2D eigenvalue weighted by atomic mass is 9.83. The molecule has 370 valence electrons. The standard InChI is InChI=1S/C38H44N9O18P3S/c1-45(2)19-6-9-22-25(14-19)61-26-15-20(46(3)4)7-10-23(26)28(22)21-8-5-18(13-24(21)36(50)51)33(49)40-11-12-41-38(52)63-31-30(48)27(16-60-67(56,57)65-68(58,59)64-66(53,54)55)62-35(31)47-17-42-29-32(47)43-37(39)44-34(29)69/h5-10,13-15,17,25,27,30-31,35,48H,11-12,16H2,1-4H3,(H,40,49)(H,41,52)(H,50,51)(H,56,57)(H,58,59)(H2,53,54,55)(H3,39,43,44,69)/t25?,27-,30?,31+,35-/m1/s1. The Labute approximate surface area is 396 Å². The Morgan fingerprint density at radius 2 is 1.64 bits per heavy atom. The summed E-state index contributed by atoms with van der Waals surface area (Å²) in [5.74, 6) is -1.71. The third-order valence-corrected chi connectivity index (χ3v) is 14.5. The average molecular weight is 1040 g/mol. The molecule has 3 aliphatic rings. The number of aromatic nitrogens is 4. The molecule has 2 aromatic carbocycles. The van der Waals surface area contributed by atoms with Crippen molar-refractivity contribution in [2.45, 2.75) is 35.7 Å². The normalized spacial score (nSPS) is 21.5. The van der Waals surface area contributed by atoms with Gasteiger partial charge in [-0.25, -0.2) is 33.3 Å². The number of phosphoric acid groups is 3. The van der Waals surface area contributed by atoms with E-state index in [0.717, 1.165) is 22.3 Å². The van der Waals surface area contributed by atoms with E-state index in [9.17, 15) is 48.1 Å². The van der Waals surface area contributed by atoms with Gasteiger partial charge in [-0.15, -0.1) is 12.6 Å². The van der Waals surface area contributed by atoms with Gasteiger partial charge in [0.25, 0.3) is 5.91 Å². The third-order valence-electron chi connectivity index (χ3n) is 10.4. The molecule has 7 rings (SSSR count). The number of alkyl carbamates (subject to hydrolysis) is 1. The second kappa shape index (κ2) is 20.0. The summed E-state index contributed by atoms with van der Waals surface area (Å²) in [6.07, 6.45) is -1.77. The number of aromatic carboxylic acids is 1. The zero-order valence-electron chi connectivity index (χ0n) is 36.4. The van der Waals surface area contributed by atoms with E-state index in [1.54, 1.807) is 6.07 Å². The Balaban J connectivity index is 1.04. The highest BCUT2D eigenvalue weighted by Crippen LogP contribution is 2.66. The van der Waals surface area contributed by atoms with Gasteiger partial charge in [0, 0.05) is 81.0 Å². The fourth-order valence-electron chi connectivity index (χ4n) is 7.35. The van der Waals surface area contributed by atoms with Crippen molar-refractivity contribution < 1.29 is 85.2 Å². The second-order valence-electron chi connectivity index (χ2n) is 15.6. The number of carbonyl (C=O) groups is 3. The van der Waals surface area contributed by atoms with Gasteiger partial charge in [-0.3, -0.25) is 13.9 Å². The number of aliphatic hydroxyl groups excluding tert-OH is 1. The molecule has 2 aliphatic heterocycles. The number of benzene rings is 2. The number of allylic oxidation sites excluding steroid dienone is 1. The quantitative estimate of drug-likeness (QED) is 0.0313. The number of nitrogens with one attached hydrogen (secondary N) is 2. The van der Waals surface area contributed by atoms with Crippen LogP contribution in [0.25, 0.3) is 16.7 Å². The fraction of sp³-hybridized carbons (Fsp3) is 0.316. The van der Waals surface area contributed by atoms with Gasteiger partial charge in [0.2, 0.25) is 5.95 Å². The van der Waals surface area contributed by atoms with Crippen LogP contribution in [0.15, 0.2) is 77.2 Å². The summed E-state index contributed by atoms with van der Waals surface area (Å²) in [7, 11) is -9.72. The van der Waals surface area contributed by atoms with Gasteiger partial charge in [-0.05, 0) is 42.0 Å². The lowest BCUT2D eigenvalue weighted by molar-refractivity contribution is -0.0522. The number of aliphatic hydroxyl groups is 1. The fourth-order valence-corrected chi connectivity index (χ4v) is 10.6. The minimum absolute atomic E-state index is 0.0113. The lowest BCUT2D eigenvalue weighted by Gasteiger charge is -2.33. The van der Waals surface area contributed by atoms with E-state index in [4.69, 9.17) is 29.7 Å². The SMILES string of the molecule is CN(C)C1=CC2Oc3cc(N(C)C)ccc3C(c3ccc(C(=O)NCCNC(=O)O[C@H]4C(O)[C@@H](COP(=O)(O)OP(=O)(O)OP(=O)(O)O)O[C@H]4n4cnc5c(S)nc(N)nc54)cc3C(=O)O)=C2C=C1. The molecule has 2 amide bonds. The first kappa shape index (κ1) is 51.2. The summed E-state index contributed by atoms with van der Waals surface area (Å²) < 4.78 is 66.2. The number of hydrogen-bond donors (Lipinski definition) is 10. The van der Waals surface area contributed by atoms with Crippen LogP contribution in [0.4, 0.5) is 16.4 Å². The number of imidazole rings is 1. The van der Waals surface area contributed by atoms with Crippen molar-refractivity contribution in [3.63, 3.8) is 0 Å². The monoisotopic (exact) mass is 1040 g/mol. The largest absolute Gasteiger partial charge is 0.490 e. The Kier molecular flexibility index (Phi) is 14.8. The molecule has 69 heavy (non-hydrogen) atoms. The van der Waals surface area contributed by atoms with Crippen molar-refractivity contribution in [3.8, 4) is 5.75 Å². The number of nitrogens with two attached hydrogens (primary N) is 1. The number of ether oxygens (including phenoxy) is 3. The van der Waals surface area contributed by atoms with E-state index >= 15 is 0 Å². The number of amides is 2. The summed E-state index contributed by atoms with van der Waals surface area (Å²) in [6.45, 7) is -1.63. The molecule has 31 heteroatoms. The molecular weight excluding hydrogens is 995 g/mol. The molecular formula is C38H44N9O18P3S. The molecule has 1 aliphatic carbocycles. The van der Waals surface area contributed by atoms with Gasteiger partial charge in [-0.2, -0.15) is 13.6 Å². The van der Waals surface area contributed by atoms with Crippen molar-refractivity contribution in [3.05, 3.63) is 94.5 Å². The first-order valence-electron chi connectivity index (χ1n) is 20.0. The number of nitrogen functional groups attached to an aromatic ring is 1. The third kappa shape index (κ3) is 11.7. The highest BCUT2D eigenvalue weighted by Gasteiger charge is 2.50. The van der Waals surface area contributed by atoms with Crippen LogP contribution in [-0.4, -0.2) is 144 Å². The first-order chi connectivity index (χ1) is 32.3. The van der Waals surface area contributed by atoms with Crippen LogP contribution >= 0.6 is 36.1 Å². The molecule has 7 atom stereocenters. The number of likely N-dealkylation sites (N-methyl/N-ethyl adjacent to an activating group) is 1. The highest BCUT2D eigenvalue weighted by atomic mass is 32.1. The highest BCUT2D eigenvalue weighted by molar-refractivity contribution is 7.80. The van der Waals surface area contributed by atoms with E-state index in [0.29, 0.717) is 28.0 Å². The average Bonchev–Trinajstić information content (AvgIpc) is 3.81.